The van der Waals surface area contributed by atoms with Crippen LogP contribution in [0.4, 0.5) is 0 Å². The van der Waals surface area contributed by atoms with Crippen molar-refractivity contribution in [2.24, 2.45) is 5.92 Å². The van der Waals surface area contributed by atoms with Crippen molar-refractivity contribution in [3.8, 4) is 17.1 Å². The summed E-state index contributed by atoms with van der Waals surface area (Å²) < 4.78 is 2.10. The van der Waals surface area contributed by atoms with Gasteiger partial charge in [-0.25, -0.2) is 4.98 Å². The van der Waals surface area contributed by atoms with Gasteiger partial charge in [0.2, 0.25) is 0 Å². The molecule has 1 heterocycles. The first-order valence-electron chi connectivity index (χ1n) is 18.1. The molecule has 234 valence electrons. The molecule has 16 heteroatoms. The Morgan fingerprint density at radius 2 is 0.966 bits per heavy atom. The number of imidazole rings is 1. The van der Waals surface area contributed by atoms with Crippen molar-refractivity contribution >= 4 is 203 Å². The molecule has 2 aliphatic carbocycles. The Hall–Kier alpha value is -4.82. The van der Waals surface area contributed by atoms with E-state index in [1.165, 1.54) is 0 Å². The van der Waals surface area contributed by atoms with Crippen LogP contribution in [0.25, 0.3) is 50.0 Å². The molecule has 0 fully saturated rings. The number of aromatic nitrogens is 2. The lowest BCUT2D eigenvalue weighted by Gasteiger charge is -2.35. The standard InChI is InChI=1S/C42H14B14N2/c43-28-25(33(48)34(49)27-26(28)35(50)40(55)41(56)36(27)51)20-23-21(29(44)37(52)31(23)46)19(22-24(20)32(47)39(54)38(53)30(22)45)14-10-12-16(13-11-14)58-18-9-5-4-8-17(18)57-42(58)15-6-2-1-3-7-15/h1-13,23H. The fourth-order valence-electron chi connectivity index (χ4n) is 8.63. The lowest BCUT2D eigenvalue weighted by atomic mass is 9.56. The molecule has 0 aliphatic heterocycles. The van der Waals surface area contributed by atoms with E-state index in [9.17, 15) is 0 Å². The van der Waals surface area contributed by atoms with Gasteiger partial charge in [0, 0.05) is 17.2 Å². The van der Waals surface area contributed by atoms with Crippen LogP contribution in [0.5, 0.6) is 0 Å². The van der Waals surface area contributed by atoms with Crippen LogP contribution >= 0.6 is 0 Å². The molecule has 2 nitrogen and oxygen atoms in total. The lowest BCUT2D eigenvalue weighted by molar-refractivity contribution is 1.01. The van der Waals surface area contributed by atoms with Gasteiger partial charge in [-0.2, -0.15) is 0 Å². The van der Waals surface area contributed by atoms with Gasteiger partial charge < -0.3 is 0 Å². The van der Waals surface area contributed by atoms with Crippen LogP contribution in [0, 0.1) is 5.92 Å². The molecule has 0 amide bonds. The van der Waals surface area contributed by atoms with Crippen molar-refractivity contribution in [1.82, 2.24) is 9.55 Å². The lowest BCUT2D eigenvalue weighted by Crippen LogP contribution is -2.66. The highest BCUT2D eigenvalue weighted by Crippen LogP contribution is 2.46. The molecule has 0 spiro atoms. The van der Waals surface area contributed by atoms with Crippen molar-refractivity contribution < 1.29 is 0 Å². The third kappa shape index (κ3) is 5.28. The summed E-state index contributed by atoms with van der Waals surface area (Å²) in [6.07, 6.45) is 0. The van der Waals surface area contributed by atoms with Crippen LogP contribution in [0.3, 0.4) is 0 Å². The largest absolute Gasteiger partial charge is 0.292 e. The molecule has 1 atom stereocenters. The topological polar surface area (TPSA) is 17.8 Å². The second kappa shape index (κ2) is 13.9. The summed E-state index contributed by atoms with van der Waals surface area (Å²) in [6, 6.07) is 25.7. The number of fused-ring (bicyclic) bond motifs is 4. The minimum Gasteiger partial charge on any atom is -0.292 e. The van der Waals surface area contributed by atoms with Crippen molar-refractivity contribution in [2.45, 2.75) is 0 Å². The van der Waals surface area contributed by atoms with Gasteiger partial charge in [-0.1, -0.05) is 98.3 Å². The summed E-state index contributed by atoms with van der Waals surface area (Å²) in [5.74, 6) is -0.116. The highest BCUT2D eigenvalue weighted by atomic mass is 15.1. The number of benzene rings is 6. The van der Waals surface area contributed by atoms with Crippen LogP contribution in [0.2, 0.25) is 0 Å². The summed E-state index contributed by atoms with van der Waals surface area (Å²) in [7, 11) is 94.0. The molecule has 0 saturated heterocycles. The zero-order chi connectivity index (χ0) is 41.2. The first kappa shape index (κ1) is 38.7. The highest BCUT2D eigenvalue weighted by Gasteiger charge is 2.38. The Morgan fingerprint density at radius 1 is 0.431 bits per heavy atom. The number of nitrogens with zero attached hydrogens (tertiary/aromatic N) is 2. The second-order valence-corrected chi connectivity index (χ2v) is 14.5. The number of para-hydroxylation sites is 2. The molecular weight excluding hydrogens is 684 g/mol. The molecule has 0 bridgehead atoms. The average Bonchev–Trinajstić information content (AvgIpc) is 3.73. The average molecular weight is 698 g/mol. The van der Waals surface area contributed by atoms with Crippen molar-refractivity contribution in [3.05, 3.63) is 122 Å². The monoisotopic (exact) mass is 700 g/mol. The molecular formula is C42H14B14N2. The molecule has 58 heavy (non-hydrogen) atoms. The Labute approximate surface area is 356 Å². The van der Waals surface area contributed by atoms with Gasteiger partial charge in [-0.3, -0.25) is 4.57 Å². The van der Waals surface area contributed by atoms with Crippen molar-refractivity contribution in [2.75, 3.05) is 0 Å². The third-order valence-electron chi connectivity index (χ3n) is 11.5. The fraction of sp³-hybridized carbons (Fsp3) is 0.0238. The molecule has 6 aromatic carbocycles. The number of allylic oxidation sites excluding steroid dienone is 4. The highest BCUT2D eigenvalue weighted by molar-refractivity contribution is 6.72. The van der Waals surface area contributed by atoms with E-state index < -0.39 is 5.92 Å². The van der Waals surface area contributed by atoms with Gasteiger partial charge in [-0.05, 0) is 73.3 Å². The fourth-order valence-corrected chi connectivity index (χ4v) is 8.63. The summed E-state index contributed by atoms with van der Waals surface area (Å²) in [6.45, 7) is 0. The van der Waals surface area contributed by atoms with Crippen molar-refractivity contribution in [1.29, 1.82) is 0 Å². The second-order valence-electron chi connectivity index (χ2n) is 14.5. The Morgan fingerprint density at radius 3 is 1.60 bits per heavy atom. The van der Waals surface area contributed by atoms with E-state index >= 15 is 0 Å². The molecule has 1 aromatic heterocycles. The first-order valence-corrected chi connectivity index (χ1v) is 18.1. The zero-order valence-corrected chi connectivity index (χ0v) is 31.1. The molecule has 1 unspecified atom stereocenters. The maximum Gasteiger partial charge on any atom is 0.145 e. The summed E-state index contributed by atoms with van der Waals surface area (Å²) in [4.78, 5) is 4.99. The van der Waals surface area contributed by atoms with Crippen LogP contribution in [-0.2, 0) is 0 Å². The van der Waals surface area contributed by atoms with E-state index in [2.05, 4.69) is 4.57 Å². The number of hydrogen-bond donors (Lipinski definition) is 0. The maximum atomic E-state index is 7.06. The summed E-state index contributed by atoms with van der Waals surface area (Å²) >= 11 is 0. The first-order chi connectivity index (χ1) is 27.7. The van der Waals surface area contributed by atoms with Gasteiger partial charge in [0.05, 0.1) is 11.0 Å². The quantitative estimate of drug-likeness (QED) is 0.168. The molecule has 28 radical (unpaired) electrons. The maximum absolute atomic E-state index is 7.06. The Balaban J connectivity index is 1.42. The number of rotatable bonds is 4. The molecule has 0 saturated carbocycles. The van der Waals surface area contributed by atoms with Gasteiger partial charge in [0.25, 0.3) is 0 Å². The van der Waals surface area contributed by atoms with Crippen LogP contribution in [-0.4, -0.2) is 119 Å². The normalized spacial score (nSPS) is 15.1. The third-order valence-corrected chi connectivity index (χ3v) is 11.5. The van der Waals surface area contributed by atoms with E-state index in [0.29, 0.717) is 32.7 Å². The van der Waals surface area contributed by atoms with E-state index in [1.807, 2.05) is 78.9 Å². The summed E-state index contributed by atoms with van der Waals surface area (Å²) in [5.41, 5.74) is 7.08. The zero-order valence-electron chi connectivity index (χ0n) is 31.1. The molecule has 0 N–H and O–H groups in total. The van der Waals surface area contributed by atoms with E-state index in [-0.39, 0.29) is 92.8 Å². The Bertz CT molecular complexity index is 3200. The van der Waals surface area contributed by atoms with Gasteiger partial charge in [0.15, 0.2) is 0 Å². The molecule has 9 rings (SSSR count). The van der Waals surface area contributed by atoms with Gasteiger partial charge >= 0.3 is 0 Å². The molecule has 7 aromatic rings. The van der Waals surface area contributed by atoms with E-state index in [4.69, 9.17) is 115 Å². The predicted molar refractivity (Wildman–Crippen MR) is 255 cm³/mol. The van der Waals surface area contributed by atoms with Gasteiger partial charge in [-0.15, -0.1) is 32.8 Å². The van der Waals surface area contributed by atoms with Crippen LogP contribution in [0.15, 0.2) is 101 Å². The predicted octanol–water partition coefficient (Wildman–Crippen LogP) is -6.41. The number of hydrogen-bond acceptors (Lipinski definition) is 1. The SMILES string of the molecule is [B]C1=C([B])C2C(=C1[B])C(c1ccc(-n3c(-c4ccccc4)nc4ccccc43)cc1)=c1c([B])c([B])c([B])c([B])c1=C2c1c([B])c([B])c2c([B])c([B])c([B])c([B])c2c1[B]. The van der Waals surface area contributed by atoms with E-state index in [1.54, 1.807) is 0 Å². The molecule has 2 aliphatic rings. The summed E-state index contributed by atoms with van der Waals surface area (Å²) in [5, 5.41) is 1.22. The minimum atomic E-state index is -0.889. The smallest absolute Gasteiger partial charge is 0.145 e. The van der Waals surface area contributed by atoms with E-state index in [0.717, 1.165) is 28.1 Å². The van der Waals surface area contributed by atoms with Crippen molar-refractivity contribution in [3.63, 3.8) is 0 Å². The van der Waals surface area contributed by atoms with Gasteiger partial charge in [0.1, 0.15) is 116 Å². The van der Waals surface area contributed by atoms with Crippen LogP contribution in [0.1, 0.15) is 11.1 Å². The minimum absolute atomic E-state index is 0.0228. The van der Waals surface area contributed by atoms with Crippen LogP contribution < -0.4 is 70.5 Å². The Kier molecular flexibility index (Phi) is 9.27.